The van der Waals surface area contributed by atoms with Crippen LogP contribution in [0, 0.1) is 11.8 Å². The van der Waals surface area contributed by atoms with E-state index in [0.717, 1.165) is 0 Å². The van der Waals surface area contributed by atoms with Crippen LogP contribution in [-0.4, -0.2) is 52.9 Å². The van der Waals surface area contributed by atoms with Crippen molar-refractivity contribution in [3.63, 3.8) is 0 Å². The monoisotopic (exact) mass is 263 g/mol. The van der Waals surface area contributed by atoms with Crippen LogP contribution in [0.1, 0.15) is 19.8 Å². The molecule has 1 saturated carbocycles. The molecule has 2 heterocycles. The molecule has 1 aliphatic carbocycles. The normalized spacial score (nSPS) is 62.1. The molecule has 3 fully saturated rings. The Morgan fingerprint density at radius 1 is 1.59 bits per heavy atom. The molecule has 7 unspecified atom stereocenters. The molecule has 7 atom stereocenters. The molecular weight excluding hydrogens is 248 g/mol. The van der Waals surface area contributed by atoms with E-state index in [-0.39, 0.29) is 25.4 Å². The molecule has 17 heavy (non-hydrogen) atoms. The predicted molar refractivity (Wildman–Crippen MR) is 55.4 cm³/mol. The van der Waals surface area contributed by atoms with Crippen molar-refractivity contribution in [3.05, 3.63) is 0 Å². The van der Waals surface area contributed by atoms with Gasteiger partial charge < -0.3 is 24.6 Å². The standard InChI is InChI=1S/C10H16O6S/c1-5-7(12)9-3-10(13,17(14)15)6(9)2-8(5,4-11)16-9/h5-7,11-13H,2-4H2,1H3,(H,14,15)/p-1. The fraction of sp³-hybridized carbons (Fsp3) is 1.00. The van der Waals surface area contributed by atoms with Crippen LogP contribution in [0.15, 0.2) is 0 Å². The minimum atomic E-state index is -2.62. The maximum absolute atomic E-state index is 11.1. The first kappa shape index (κ1) is 12.0. The summed E-state index contributed by atoms with van der Waals surface area (Å²) in [7, 11) is 0. The minimum absolute atomic E-state index is 0.117. The lowest BCUT2D eigenvalue weighted by Crippen LogP contribution is -2.71. The number of hydrogen-bond acceptors (Lipinski definition) is 6. The average Bonchev–Trinajstić information content (AvgIpc) is 2.68. The summed E-state index contributed by atoms with van der Waals surface area (Å²) in [5.41, 5.74) is -1.90. The molecule has 1 spiro atoms. The van der Waals surface area contributed by atoms with Gasteiger partial charge in [0.15, 0.2) is 0 Å². The Morgan fingerprint density at radius 2 is 2.24 bits per heavy atom. The first-order valence-corrected chi connectivity index (χ1v) is 6.71. The number of aliphatic hydroxyl groups is 3. The van der Waals surface area contributed by atoms with E-state index >= 15 is 0 Å². The van der Waals surface area contributed by atoms with E-state index in [1.807, 2.05) is 0 Å². The lowest BCUT2D eigenvalue weighted by molar-refractivity contribution is -0.209. The summed E-state index contributed by atoms with van der Waals surface area (Å²) >= 11 is -2.62. The van der Waals surface area contributed by atoms with Gasteiger partial charge in [-0.05, 0) is 17.5 Å². The van der Waals surface area contributed by atoms with Crippen LogP contribution >= 0.6 is 0 Å². The van der Waals surface area contributed by atoms with Gasteiger partial charge in [-0.15, -0.1) is 0 Å². The molecule has 2 aliphatic heterocycles. The van der Waals surface area contributed by atoms with Gasteiger partial charge in [0, 0.05) is 18.3 Å². The highest BCUT2D eigenvalue weighted by atomic mass is 32.2. The topological polar surface area (TPSA) is 110 Å². The molecule has 0 aromatic carbocycles. The third-order valence-corrected chi connectivity index (χ3v) is 5.97. The average molecular weight is 263 g/mol. The maximum Gasteiger partial charge on any atom is 0.135 e. The number of fused-ring (bicyclic) bond motifs is 1. The molecule has 3 rings (SSSR count). The second kappa shape index (κ2) is 3.09. The first-order valence-electron chi connectivity index (χ1n) is 5.63. The van der Waals surface area contributed by atoms with E-state index in [1.54, 1.807) is 6.92 Å². The van der Waals surface area contributed by atoms with Crippen LogP contribution < -0.4 is 0 Å². The number of hydrogen-bond donors (Lipinski definition) is 3. The Hall–Kier alpha value is -0.0500. The summed E-state index contributed by atoms with van der Waals surface area (Å²) in [5.74, 6) is -0.903. The van der Waals surface area contributed by atoms with Crippen molar-refractivity contribution in [2.24, 2.45) is 11.8 Å². The highest BCUT2D eigenvalue weighted by Gasteiger charge is 2.81. The van der Waals surface area contributed by atoms with Crippen LogP contribution in [0.2, 0.25) is 0 Å². The van der Waals surface area contributed by atoms with Gasteiger partial charge in [-0.2, -0.15) is 0 Å². The third kappa shape index (κ3) is 1.07. The molecule has 0 radical (unpaired) electrons. The first-order chi connectivity index (χ1) is 7.82. The number of aliphatic hydroxyl groups excluding tert-OH is 2. The van der Waals surface area contributed by atoms with Crippen molar-refractivity contribution < 1.29 is 28.8 Å². The fourth-order valence-electron chi connectivity index (χ4n) is 3.87. The molecule has 0 aromatic rings. The SMILES string of the molecule is CC1C(O)C23CC(O)(S(=O)[O-])C2CC1(CO)O3. The summed E-state index contributed by atoms with van der Waals surface area (Å²) in [6.07, 6.45) is -0.683. The van der Waals surface area contributed by atoms with E-state index in [9.17, 15) is 24.1 Å². The van der Waals surface area contributed by atoms with Gasteiger partial charge in [-0.3, -0.25) is 4.21 Å². The Bertz CT molecular complexity index is 402. The van der Waals surface area contributed by atoms with Gasteiger partial charge in [0.2, 0.25) is 0 Å². The quantitative estimate of drug-likeness (QED) is 0.522. The van der Waals surface area contributed by atoms with Crippen LogP contribution in [-0.2, 0) is 15.8 Å². The Labute approximate surface area is 101 Å². The zero-order valence-corrected chi connectivity index (χ0v) is 10.1. The molecule has 0 aromatic heterocycles. The van der Waals surface area contributed by atoms with Gasteiger partial charge in [0.1, 0.15) is 10.5 Å². The maximum atomic E-state index is 11.1. The summed E-state index contributed by atoms with van der Waals surface area (Å²) in [4.78, 5) is -1.82. The minimum Gasteiger partial charge on any atom is -0.770 e. The van der Waals surface area contributed by atoms with E-state index < -0.39 is 39.2 Å². The van der Waals surface area contributed by atoms with Crippen molar-refractivity contribution in [2.45, 2.75) is 42.0 Å². The van der Waals surface area contributed by atoms with E-state index in [2.05, 4.69) is 0 Å². The summed E-state index contributed by atoms with van der Waals surface area (Å²) < 4.78 is 27.8. The van der Waals surface area contributed by atoms with Gasteiger partial charge in [0.25, 0.3) is 0 Å². The van der Waals surface area contributed by atoms with Crippen LogP contribution in [0.3, 0.4) is 0 Å². The van der Waals surface area contributed by atoms with Crippen molar-refractivity contribution in [1.82, 2.24) is 0 Å². The second-order valence-electron chi connectivity index (χ2n) is 5.53. The Morgan fingerprint density at radius 3 is 2.76 bits per heavy atom. The fourth-order valence-corrected chi connectivity index (χ4v) is 4.73. The molecule has 7 heteroatoms. The summed E-state index contributed by atoms with van der Waals surface area (Å²) in [5, 5.41) is 29.6. The molecule has 0 amide bonds. The smallest absolute Gasteiger partial charge is 0.135 e. The van der Waals surface area contributed by atoms with Gasteiger partial charge >= 0.3 is 0 Å². The van der Waals surface area contributed by atoms with E-state index in [4.69, 9.17) is 4.74 Å². The molecule has 3 N–H and O–H groups in total. The lowest BCUT2D eigenvalue weighted by Gasteiger charge is -2.58. The van der Waals surface area contributed by atoms with Crippen LogP contribution in [0.5, 0.6) is 0 Å². The highest BCUT2D eigenvalue weighted by molar-refractivity contribution is 7.80. The van der Waals surface area contributed by atoms with Crippen LogP contribution in [0.4, 0.5) is 0 Å². The molecule has 98 valence electrons. The van der Waals surface area contributed by atoms with Crippen molar-refractivity contribution >= 4 is 11.1 Å². The lowest BCUT2D eigenvalue weighted by atomic mass is 9.56. The van der Waals surface area contributed by atoms with Crippen LogP contribution in [0.25, 0.3) is 0 Å². The second-order valence-corrected chi connectivity index (χ2v) is 6.70. The number of ether oxygens (including phenoxy) is 1. The Kier molecular flexibility index (Phi) is 2.18. The van der Waals surface area contributed by atoms with Gasteiger partial charge in [-0.1, -0.05) is 6.92 Å². The third-order valence-electron chi connectivity index (χ3n) is 4.97. The van der Waals surface area contributed by atoms with E-state index in [1.165, 1.54) is 0 Å². The van der Waals surface area contributed by atoms with E-state index in [0.29, 0.717) is 0 Å². The largest absolute Gasteiger partial charge is 0.770 e. The summed E-state index contributed by atoms with van der Waals surface area (Å²) in [6, 6.07) is 0. The highest BCUT2D eigenvalue weighted by Crippen LogP contribution is 2.69. The molecule has 2 bridgehead atoms. The molecule has 3 aliphatic rings. The zero-order valence-electron chi connectivity index (χ0n) is 9.33. The molecule has 6 nitrogen and oxygen atoms in total. The number of rotatable bonds is 2. The molecule has 2 saturated heterocycles. The summed E-state index contributed by atoms with van der Waals surface area (Å²) in [6.45, 7) is 1.50. The van der Waals surface area contributed by atoms with Crippen molar-refractivity contribution in [2.75, 3.05) is 6.61 Å². The van der Waals surface area contributed by atoms with Crippen molar-refractivity contribution in [3.8, 4) is 0 Å². The predicted octanol–water partition coefficient (Wildman–Crippen LogP) is -1.53. The van der Waals surface area contributed by atoms with Gasteiger partial charge in [0.05, 0.1) is 18.3 Å². The molecular formula is C10H15O6S-. The zero-order chi connectivity index (χ0) is 12.6. The van der Waals surface area contributed by atoms with Gasteiger partial charge in [-0.25, -0.2) is 0 Å². The Balaban J connectivity index is 1.99. The van der Waals surface area contributed by atoms with Crippen molar-refractivity contribution in [1.29, 1.82) is 0 Å².